The largest absolute Gasteiger partial charge is 0.337 e. The lowest BCUT2D eigenvalue weighted by Crippen LogP contribution is -2.47. The number of likely N-dealkylation sites (N-methyl/N-ethyl adjacent to an activating group) is 1. The maximum Gasteiger partial charge on any atom is 0.253 e. The van der Waals surface area contributed by atoms with Gasteiger partial charge in [0.25, 0.3) is 5.91 Å². The molecule has 1 aromatic carbocycles. The van der Waals surface area contributed by atoms with E-state index in [2.05, 4.69) is 4.90 Å². The number of halogens is 1. The summed E-state index contributed by atoms with van der Waals surface area (Å²) in [6, 6.07) is 4.93. The first-order valence-corrected chi connectivity index (χ1v) is 11.4. The van der Waals surface area contributed by atoms with Crippen molar-refractivity contribution < 1.29 is 13.2 Å². The predicted molar refractivity (Wildman–Crippen MR) is 107 cm³/mol. The molecule has 0 bridgehead atoms. The van der Waals surface area contributed by atoms with Crippen molar-refractivity contribution >= 4 is 27.5 Å². The second-order valence-corrected chi connectivity index (χ2v) is 9.93. The van der Waals surface area contributed by atoms with E-state index in [1.54, 1.807) is 6.07 Å². The summed E-state index contributed by atoms with van der Waals surface area (Å²) in [5.74, 6) is -0.131. The molecule has 1 atom stereocenters. The molecule has 27 heavy (non-hydrogen) atoms. The van der Waals surface area contributed by atoms with Gasteiger partial charge in [0.15, 0.2) is 0 Å². The molecule has 2 heterocycles. The van der Waals surface area contributed by atoms with Crippen LogP contribution in [0, 0.1) is 0 Å². The van der Waals surface area contributed by atoms with E-state index >= 15 is 0 Å². The van der Waals surface area contributed by atoms with Crippen molar-refractivity contribution in [2.75, 3.05) is 40.3 Å². The van der Waals surface area contributed by atoms with Crippen LogP contribution in [0.25, 0.3) is 0 Å². The first kappa shape index (κ1) is 20.6. The molecule has 2 aliphatic rings. The molecule has 0 N–H and O–H groups in total. The predicted octanol–water partition coefficient (Wildman–Crippen LogP) is 2.68. The highest BCUT2D eigenvalue weighted by Crippen LogP contribution is 2.28. The van der Waals surface area contributed by atoms with E-state index < -0.39 is 10.0 Å². The van der Waals surface area contributed by atoms with Crippen LogP contribution in [0.1, 0.15) is 42.5 Å². The molecule has 2 aliphatic heterocycles. The van der Waals surface area contributed by atoms with Crippen LogP contribution in [0.4, 0.5) is 0 Å². The second kappa shape index (κ2) is 8.47. The minimum atomic E-state index is -3.68. The quantitative estimate of drug-likeness (QED) is 0.761. The molecule has 6 nitrogen and oxygen atoms in total. The van der Waals surface area contributed by atoms with E-state index in [0.29, 0.717) is 37.8 Å². The lowest BCUT2D eigenvalue weighted by molar-refractivity contribution is 0.0635. The maximum atomic E-state index is 13.0. The molecular formula is C19H28ClN3O3S. The fourth-order valence-electron chi connectivity index (χ4n) is 3.82. The van der Waals surface area contributed by atoms with Gasteiger partial charge in [-0.3, -0.25) is 4.79 Å². The van der Waals surface area contributed by atoms with Crippen LogP contribution in [0.2, 0.25) is 5.02 Å². The molecule has 1 aromatic rings. The van der Waals surface area contributed by atoms with Crippen LogP contribution in [0.15, 0.2) is 23.1 Å². The summed E-state index contributed by atoms with van der Waals surface area (Å²) in [7, 11) is 0.355. The molecule has 0 aromatic heterocycles. The minimum Gasteiger partial charge on any atom is -0.337 e. The van der Waals surface area contributed by atoms with Crippen molar-refractivity contribution in [3.8, 4) is 0 Å². The minimum absolute atomic E-state index is 0.0399. The van der Waals surface area contributed by atoms with E-state index in [9.17, 15) is 13.2 Å². The molecule has 0 aliphatic carbocycles. The summed E-state index contributed by atoms with van der Waals surface area (Å²) in [5, 5.41) is 0.168. The molecule has 0 spiro atoms. The molecule has 150 valence electrons. The van der Waals surface area contributed by atoms with Crippen molar-refractivity contribution in [3.63, 3.8) is 0 Å². The Morgan fingerprint density at radius 1 is 1.11 bits per heavy atom. The average Bonchev–Trinajstić information content (AvgIpc) is 2.68. The van der Waals surface area contributed by atoms with Crippen LogP contribution < -0.4 is 0 Å². The van der Waals surface area contributed by atoms with Gasteiger partial charge in [0, 0.05) is 37.8 Å². The van der Waals surface area contributed by atoms with E-state index in [1.165, 1.54) is 16.4 Å². The Morgan fingerprint density at radius 3 is 2.48 bits per heavy atom. The highest BCUT2D eigenvalue weighted by atomic mass is 35.5. The zero-order chi connectivity index (χ0) is 19.6. The Bertz CT molecular complexity index is 791. The molecular weight excluding hydrogens is 386 g/mol. The fourth-order valence-corrected chi connectivity index (χ4v) is 5.84. The van der Waals surface area contributed by atoms with Gasteiger partial charge < -0.3 is 9.80 Å². The third kappa shape index (κ3) is 4.47. The fraction of sp³-hybridized carbons (Fsp3) is 0.632. The zero-order valence-electron chi connectivity index (χ0n) is 16.0. The highest BCUT2D eigenvalue weighted by molar-refractivity contribution is 7.89. The summed E-state index contributed by atoms with van der Waals surface area (Å²) in [6.45, 7) is 2.36. The van der Waals surface area contributed by atoms with Gasteiger partial charge in [-0.1, -0.05) is 18.0 Å². The third-order valence-electron chi connectivity index (χ3n) is 5.53. The molecule has 1 unspecified atom stereocenters. The number of hydrogen-bond donors (Lipinski definition) is 0. The number of carbonyl (C=O) groups excluding carboxylic acids is 1. The standard InChI is InChI=1S/C19H28ClN3O3S/c1-21(2)16-7-6-10-22(14-16)19(24)15-8-9-17(20)18(13-15)27(25,26)23-11-4-3-5-12-23/h8-9,13,16H,3-7,10-12,14H2,1-2H3. The Balaban J connectivity index is 1.85. The number of nitrogens with zero attached hydrogens (tertiary/aromatic N) is 3. The van der Waals surface area contributed by atoms with Gasteiger partial charge >= 0.3 is 0 Å². The Kier molecular flexibility index (Phi) is 6.46. The van der Waals surface area contributed by atoms with E-state index in [1.807, 2.05) is 19.0 Å². The lowest BCUT2D eigenvalue weighted by Gasteiger charge is -2.36. The van der Waals surface area contributed by atoms with Gasteiger partial charge in [-0.2, -0.15) is 4.31 Å². The average molecular weight is 414 g/mol. The Labute approximate surface area is 167 Å². The van der Waals surface area contributed by atoms with Crippen LogP contribution in [0.5, 0.6) is 0 Å². The molecule has 0 radical (unpaired) electrons. The molecule has 3 rings (SSSR count). The lowest BCUT2D eigenvalue weighted by atomic mass is 10.0. The number of likely N-dealkylation sites (tertiary alicyclic amines) is 1. The first-order valence-electron chi connectivity index (χ1n) is 9.56. The monoisotopic (exact) mass is 413 g/mol. The van der Waals surface area contributed by atoms with E-state index in [-0.39, 0.29) is 15.8 Å². The van der Waals surface area contributed by atoms with Crippen LogP contribution in [-0.2, 0) is 10.0 Å². The topological polar surface area (TPSA) is 60.9 Å². The first-order chi connectivity index (χ1) is 12.8. The molecule has 0 saturated carbocycles. The second-order valence-electron chi connectivity index (χ2n) is 7.62. The summed E-state index contributed by atoms with van der Waals surface area (Å²) in [5.41, 5.74) is 0.384. The number of carbonyl (C=O) groups is 1. The zero-order valence-corrected chi connectivity index (χ0v) is 17.6. The molecule has 1 amide bonds. The van der Waals surface area contributed by atoms with Crippen molar-refractivity contribution in [2.45, 2.75) is 43.0 Å². The number of piperidine rings is 2. The van der Waals surface area contributed by atoms with Crippen LogP contribution in [0.3, 0.4) is 0 Å². The third-order valence-corrected chi connectivity index (χ3v) is 7.91. The van der Waals surface area contributed by atoms with Crippen LogP contribution in [-0.4, -0.2) is 74.7 Å². The highest BCUT2D eigenvalue weighted by Gasteiger charge is 2.30. The Hall–Kier alpha value is -1.15. The van der Waals surface area contributed by atoms with Gasteiger partial charge in [0.05, 0.1) is 5.02 Å². The van der Waals surface area contributed by atoms with Gasteiger partial charge in [-0.05, 0) is 58.0 Å². The number of benzene rings is 1. The normalized spacial score (nSPS) is 22.2. The Morgan fingerprint density at radius 2 is 1.81 bits per heavy atom. The van der Waals surface area contributed by atoms with Crippen molar-refractivity contribution in [1.29, 1.82) is 0 Å². The number of amides is 1. The number of sulfonamides is 1. The van der Waals surface area contributed by atoms with Crippen LogP contribution >= 0.6 is 11.6 Å². The number of rotatable bonds is 4. The molecule has 8 heteroatoms. The molecule has 2 fully saturated rings. The van der Waals surface area contributed by atoms with Crippen molar-refractivity contribution in [2.24, 2.45) is 0 Å². The van der Waals surface area contributed by atoms with Gasteiger partial charge in [-0.15, -0.1) is 0 Å². The van der Waals surface area contributed by atoms with Gasteiger partial charge in [0.2, 0.25) is 10.0 Å². The summed E-state index contributed by atoms with van der Waals surface area (Å²) >= 11 is 6.22. The van der Waals surface area contributed by atoms with Crippen molar-refractivity contribution in [3.05, 3.63) is 28.8 Å². The van der Waals surface area contributed by atoms with Crippen molar-refractivity contribution in [1.82, 2.24) is 14.1 Å². The SMILES string of the molecule is CN(C)C1CCCN(C(=O)c2ccc(Cl)c(S(=O)(=O)N3CCCCC3)c2)C1. The smallest absolute Gasteiger partial charge is 0.253 e. The van der Waals surface area contributed by atoms with Gasteiger partial charge in [-0.25, -0.2) is 8.42 Å². The van der Waals surface area contributed by atoms with Gasteiger partial charge in [0.1, 0.15) is 4.90 Å². The van der Waals surface area contributed by atoms with E-state index in [4.69, 9.17) is 11.6 Å². The molecule has 2 saturated heterocycles. The van der Waals surface area contributed by atoms with E-state index in [0.717, 1.165) is 32.1 Å². The summed E-state index contributed by atoms with van der Waals surface area (Å²) in [6.07, 6.45) is 4.76. The summed E-state index contributed by atoms with van der Waals surface area (Å²) < 4.78 is 27.5. The number of hydrogen-bond acceptors (Lipinski definition) is 4. The maximum absolute atomic E-state index is 13.0. The summed E-state index contributed by atoms with van der Waals surface area (Å²) in [4.78, 5) is 17.0.